The number of rotatable bonds is 4. The van der Waals surface area contributed by atoms with Crippen molar-refractivity contribution in [3.63, 3.8) is 0 Å². The first-order chi connectivity index (χ1) is 10.7. The summed E-state index contributed by atoms with van der Waals surface area (Å²) in [5, 5.41) is 5.32. The van der Waals surface area contributed by atoms with E-state index in [4.69, 9.17) is 4.74 Å². The van der Waals surface area contributed by atoms with E-state index in [0.29, 0.717) is 5.75 Å². The van der Waals surface area contributed by atoms with Gasteiger partial charge in [0.15, 0.2) is 6.61 Å². The predicted octanol–water partition coefficient (Wildman–Crippen LogP) is 2.49. The number of aromatic nitrogens is 2. The Hall–Kier alpha value is -2.82. The predicted molar refractivity (Wildman–Crippen MR) is 85.3 cm³/mol. The number of para-hydroxylation sites is 1. The van der Waals surface area contributed by atoms with Crippen LogP contribution in [0.1, 0.15) is 0 Å². The van der Waals surface area contributed by atoms with Crippen LogP contribution >= 0.6 is 0 Å². The number of hydrogen-bond acceptors (Lipinski definition) is 3. The Kier molecular flexibility index (Phi) is 3.78. The molecule has 0 aliphatic rings. The van der Waals surface area contributed by atoms with Crippen molar-refractivity contribution in [2.75, 3.05) is 20.7 Å². The van der Waals surface area contributed by atoms with Gasteiger partial charge in [-0.15, -0.1) is 0 Å². The van der Waals surface area contributed by atoms with Gasteiger partial charge in [0.25, 0.3) is 5.91 Å². The Bertz CT molecular complexity index is 794. The quantitative estimate of drug-likeness (QED) is 0.743. The molecule has 1 aromatic heterocycles. The maximum Gasteiger partial charge on any atom is 0.259 e. The first kappa shape index (κ1) is 14.1. The molecule has 0 aliphatic heterocycles. The van der Waals surface area contributed by atoms with Gasteiger partial charge in [0, 0.05) is 14.1 Å². The molecule has 2 aromatic carbocycles. The van der Waals surface area contributed by atoms with Gasteiger partial charge in [-0.25, -0.2) is 4.68 Å². The van der Waals surface area contributed by atoms with E-state index in [1.807, 2.05) is 53.2 Å². The second-order valence-electron chi connectivity index (χ2n) is 5.16. The van der Waals surface area contributed by atoms with Crippen LogP contribution in [0.25, 0.3) is 16.6 Å². The van der Waals surface area contributed by atoms with Gasteiger partial charge >= 0.3 is 0 Å². The topological polar surface area (TPSA) is 47.4 Å². The van der Waals surface area contributed by atoms with Crippen molar-refractivity contribution in [2.24, 2.45) is 0 Å². The largest absolute Gasteiger partial charge is 0.483 e. The molecule has 3 aromatic rings. The smallest absolute Gasteiger partial charge is 0.259 e. The van der Waals surface area contributed by atoms with E-state index in [1.54, 1.807) is 20.3 Å². The van der Waals surface area contributed by atoms with Crippen molar-refractivity contribution in [1.29, 1.82) is 0 Å². The Morgan fingerprint density at radius 1 is 1.14 bits per heavy atom. The van der Waals surface area contributed by atoms with E-state index in [2.05, 4.69) is 5.10 Å². The zero-order chi connectivity index (χ0) is 15.5. The average molecular weight is 295 g/mol. The number of hydrogen-bond donors (Lipinski definition) is 0. The molecule has 3 rings (SSSR count). The highest BCUT2D eigenvalue weighted by Gasteiger charge is 2.11. The Balaban J connectivity index is 1.94. The minimum Gasteiger partial charge on any atom is -0.483 e. The highest BCUT2D eigenvalue weighted by molar-refractivity contribution is 5.87. The lowest BCUT2D eigenvalue weighted by molar-refractivity contribution is -0.130. The van der Waals surface area contributed by atoms with E-state index in [-0.39, 0.29) is 12.5 Å². The molecule has 5 heteroatoms. The summed E-state index contributed by atoms with van der Waals surface area (Å²) in [7, 11) is 3.42. The highest BCUT2D eigenvalue weighted by Crippen LogP contribution is 2.27. The number of ether oxygens (including phenoxy) is 1. The van der Waals surface area contributed by atoms with Crippen LogP contribution in [0.4, 0.5) is 0 Å². The van der Waals surface area contributed by atoms with Crippen LogP contribution in [0.15, 0.2) is 54.7 Å². The standard InChI is InChI=1S/C17H17N3O2/c1-19(2)17(21)12-22-16-10-6-9-15-14(16)11-18-20(15)13-7-4-3-5-8-13/h3-11H,12H2,1-2H3. The average Bonchev–Trinajstić information content (AvgIpc) is 2.97. The van der Waals surface area contributed by atoms with Crippen molar-refractivity contribution in [3.8, 4) is 11.4 Å². The van der Waals surface area contributed by atoms with Gasteiger partial charge in [-0.2, -0.15) is 5.10 Å². The number of nitrogens with zero attached hydrogens (tertiary/aromatic N) is 3. The zero-order valence-corrected chi connectivity index (χ0v) is 12.6. The van der Waals surface area contributed by atoms with Gasteiger partial charge in [0.2, 0.25) is 0 Å². The summed E-state index contributed by atoms with van der Waals surface area (Å²) < 4.78 is 7.50. The molecule has 0 bridgehead atoms. The second-order valence-corrected chi connectivity index (χ2v) is 5.16. The highest BCUT2D eigenvalue weighted by atomic mass is 16.5. The fraction of sp³-hybridized carbons (Fsp3) is 0.176. The molecule has 0 radical (unpaired) electrons. The molecule has 1 amide bonds. The summed E-state index contributed by atoms with van der Waals surface area (Å²) in [5.41, 5.74) is 1.93. The number of amides is 1. The normalized spacial score (nSPS) is 10.6. The zero-order valence-electron chi connectivity index (χ0n) is 12.6. The summed E-state index contributed by atoms with van der Waals surface area (Å²) in [6.45, 7) is 0.0165. The summed E-state index contributed by atoms with van der Waals surface area (Å²) in [6.07, 6.45) is 1.76. The lowest BCUT2D eigenvalue weighted by Crippen LogP contribution is -2.27. The van der Waals surface area contributed by atoms with Gasteiger partial charge in [0.05, 0.1) is 22.8 Å². The molecule has 0 N–H and O–H groups in total. The minimum absolute atomic E-state index is 0.0165. The molecule has 0 aliphatic carbocycles. The van der Waals surface area contributed by atoms with Crippen molar-refractivity contribution in [1.82, 2.24) is 14.7 Å². The molecular formula is C17H17N3O2. The lowest BCUT2D eigenvalue weighted by atomic mass is 10.2. The molecule has 1 heterocycles. The van der Waals surface area contributed by atoms with Crippen LogP contribution < -0.4 is 4.74 Å². The fourth-order valence-electron chi connectivity index (χ4n) is 2.19. The van der Waals surface area contributed by atoms with Gasteiger partial charge in [-0.1, -0.05) is 24.3 Å². The van der Waals surface area contributed by atoms with Crippen LogP contribution in [0, 0.1) is 0 Å². The third kappa shape index (κ3) is 2.65. The van der Waals surface area contributed by atoms with Crippen LogP contribution in [-0.4, -0.2) is 41.3 Å². The summed E-state index contributed by atoms with van der Waals surface area (Å²) in [5.74, 6) is 0.585. The molecular weight excluding hydrogens is 278 g/mol. The van der Waals surface area contributed by atoms with E-state index in [9.17, 15) is 4.79 Å². The third-order valence-electron chi connectivity index (χ3n) is 3.42. The first-order valence-electron chi connectivity index (χ1n) is 7.02. The number of benzene rings is 2. The number of carbonyl (C=O) groups is 1. The van der Waals surface area contributed by atoms with Gasteiger partial charge in [0.1, 0.15) is 5.75 Å². The maximum atomic E-state index is 11.7. The molecule has 0 atom stereocenters. The van der Waals surface area contributed by atoms with Crippen LogP contribution in [-0.2, 0) is 4.79 Å². The molecule has 0 saturated heterocycles. The molecule has 5 nitrogen and oxygen atoms in total. The second kappa shape index (κ2) is 5.89. The van der Waals surface area contributed by atoms with Gasteiger partial charge in [-0.3, -0.25) is 4.79 Å². The number of likely N-dealkylation sites (N-methyl/N-ethyl adjacent to an activating group) is 1. The third-order valence-corrected chi connectivity index (χ3v) is 3.42. The SMILES string of the molecule is CN(C)C(=O)COc1cccc2c1cnn2-c1ccccc1. The van der Waals surface area contributed by atoms with Crippen LogP contribution in [0.3, 0.4) is 0 Å². The van der Waals surface area contributed by atoms with Crippen molar-refractivity contribution in [2.45, 2.75) is 0 Å². The number of fused-ring (bicyclic) bond motifs is 1. The first-order valence-corrected chi connectivity index (χ1v) is 7.02. The van der Waals surface area contributed by atoms with Crippen molar-refractivity contribution >= 4 is 16.8 Å². The van der Waals surface area contributed by atoms with Crippen molar-refractivity contribution in [3.05, 3.63) is 54.7 Å². The van der Waals surface area contributed by atoms with E-state index < -0.39 is 0 Å². The summed E-state index contributed by atoms with van der Waals surface area (Å²) >= 11 is 0. The monoisotopic (exact) mass is 295 g/mol. The summed E-state index contributed by atoms with van der Waals surface area (Å²) in [4.78, 5) is 13.2. The van der Waals surface area contributed by atoms with Crippen LogP contribution in [0.5, 0.6) is 5.75 Å². The fourth-order valence-corrected chi connectivity index (χ4v) is 2.19. The van der Waals surface area contributed by atoms with E-state index in [0.717, 1.165) is 16.6 Å². The van der Waals surface area contributed by atoms with Gasteiger partial charge < -0.3 is 9.64 Å². The van der Waals surface area contributed by atoms with E-state index >= 15 is 0 Å². The Labute approximate surface area is 128 Å². The Morgan fingerprint density at radius 2 is 1.91 bits per heavy atom. The molecule has 0 fully saturated rings. The van der Waals surface area contributed by atoms with Crippen molar-refractivity contribution < 1.29 is 9.53 Å². The molecule has 0 spiro atoms. The van der Waals surface area contributed by atoms with Gasteiger partial charge in [-0.05, 0) is 24.3 Å². The van der Waals surface area contributed by atoms with Crippen LogP contribution in [0.2, 0.25) is 0 Å². The minimum atomic E-state index is -0.0764. The maximum absolute atomic E-state index is 11.7. The molecule has 0 saturated carbocycles. The summed E-state index contributed by atoms with van der Waals surface area (Å²) in [6, 6.07) is 15.6. The Morgan fingerprint density at radius 3 is 2.64 bits per heavy atom. The molecule has 22 heavy (non-hydrogen) atoms. The lowest BCUT2D eigenvalue weighted by Gasteiger charge is -2.12. The molecule has 0 unspecified atom stereocenters. The van der Waals surface area contributed by atoms with E-state index in [1.165, 1.54) is 4.90 Å². The number of carbonyl (C=O) groups excluding carboxylic acids is 1. The molecule has 112 valence electrons.